The molecule has 2 aromatic carbocycles. The minimum atomic E-state index is -3.96. The standard InChI is InChI=1S/C24H28FN7O4S/c1-3-30(2)37(34,35)29-22-7-5-20(25)23(19(22)15-26)36-17-4-6-21-18(14-17)24(33)32(16-28-21)13-12-31-10-8-27-9-11-31/h4-7,14,16,27,29H,3,8-13H2,1-2H3. The van der Waals surface area contributed by atoms with Gasteiger partial charge in [-0.1, -0.05) is 6.92 Å². The Bertz CT molecular complexity index is 1500. The van der Waals surface area contributed by atoms with Crippen LogP contribution in [0, 0.1) is 17.1 Å². The number of nitrogens with zero attached hydrogens (tertiary/aromatic N) is 5. The van der Waals surface area contributed by atoms with Crippen molar-refractivity contribution in [2.24, 2.45) is 0 Å². The molecule has 0 aliphatic carbocycles. The second kappa shape index (κ2) is 11.2. The van der Waals surface area contributed by atoms with E-state index in [4.69, 9.17) is 4.74 Å². The van der Waals surface area contributed by atoms with Gasteiger partial charge in [0.1, 0.15) is 17.4 Å². The number of fused-ring (bicyclic) bond motifs is 1. The predicted octanol–water partition coefficient (Wildman–Crippen LogP) is 1.71. The highest BCUT2D eigenvalue weighted by atomic mass is 32.2. The molecule has 4 rings (SSSR count). The maximum atomic E-state index is 14.7. The summed E-state index contributed by atoms with van der Waals surface area (Å²) >= 11 is 0. The lowest BCUT2D eigenvalue weighted by atomic mass is 10.1. The van der Waals surface area contributed by atoms with Crippen molar-refractivity contribution in [2.45, 2.75) is 13.5 Å². The van der Waals surface area contributed by atoms with Gasteiger partial charge in [0.05, 0.1) is 22.9 Å². The number of nitriles is 1. The van der Waals surface area contributed by atoms with Gasteiger partial charge in [-0.2, -0.15) is 18.0 Å². The van der Waals surface area contributed by atoms with E-state index in [1.54, 1.807) is 13.0 Å². The van der Waals surface area contributed by atoms with Gasteiger partial charge < -0.3 is 10.1 Å². The number of rotatable bonds is 9. The molecule has 13 heteroatoms. The van der Waals surface area contributed by atoms with Gasteiger partial charge in [0.2, 0.25) is 0 Å². The lowest BCUT2D eigenvalue weighted by molar-refractivity contribution is 0.231. The van der Waals surface area contributed by atoms with E-state index in [1.807, 2.05) is 6.07 Å². The van der Waals surface area contributed by atoms with Crippen LogP contribution in [0.4, 0.5) is 10.1 Å². The van der Waals surface area contributed by atoms with E-state index in [2.05, 4.69) is 19.9 Å². The number of halogens is 1. The molecule has 0 unspecified atom stereocenters. The Balaban J connectivity index is 1.63. The van der Waals surface area contributed by atoms with Gasteiger partial charge in [0.15, 0.2) is 11.6 Å². The van der Waals surface area contributed by atoms with Crippen molar-refractivity contribution in [1.82, 2.24) is 24.1 Å². The third-order valence-electron chi connectivity index (χ3n) is 6.20. The fourth-order valence-corrected chi connectivity index (χ4v) is 4.85. The Labute approximate surface area is 214 Å². The zero-order chi connectivity index (χ0) is 26.6. The van der Waals surface area contributed by atoms with Gasteiger partial charge in [-0.15, -0.1) is 0 Å². The molecule has 0 spiro atoms. The minimum absolute atomic E-state index is 0.104. The Morgan fingerprint density at radius 3 is 2.70 bits per heavy atom. The fraction of sp³-hybridized carbons (Fsp3) is 0.375. The molecule has 0 atom stereocenters. The van der Waals surface area contributed by atoms with E-state index >= 15 is 0 Å². The van der Waals surface area contributed by atoms with Crippen LogP contribution in [-0.2, 0) is 16.8 Å². The first-order valence-electron chi connectivity index (χ1n) is 11.8. The molecule has 0 saturated carbocycles. The van der Waals surface area contributed by atoms with Gasteiger partial charge in [-0.3, -0.25) is 19.0 Å². The van der Waals surface area contributed by atoms with Crippen molar-refractivity contribution in [3.8, 4) is 17.6 Å². The number of hydrogen-bond acceptors (Lipinski definition) is 8. The SMILES string of the molecule is CCN(C)S(=O)(=O)Nc1ccc(F)c(Oc2ccc3ncn(CCN4CCNCC4)c(=O)c3c2)c1C#N. The minimum Gasteiger partial charge on any atom is -0.453 e. The lowest BCUT2D eigenvalue weighted by Gasteiger charge is -2.27. The molecule has 0 bridgehead atoms. The van der Waals surface area contributed by atoms with Gasteiger partial charge >= 0.3 is 10.2 Å². The second-order valence-corrected chi connectivity index (χ2v) is 10.3. The normalized spacial score (nSPS) is 14.6. The highest BCUT2D eigenvalue weighted by Gasteiger charge is 2.22. The zero-order valence-electron chi connectivity index (χ0n) is 20.6. The predicted molar refractivity (Wildman–Crippen MR) is 137 cm³/mol. The summed E-state index contributed by atoms with van der Waals surface area (Å²) in [5.41, 5.74) is -0.277. The summed E-state index contributed by atoms with van der Waals surface area (Å²) in [6, 6.07) is 8.48. The Hall–Kier alpha value is -3.57. The van der Waals surface area contributed by atoms with Crippen molar-refractivity contribution >= 4 is 26.8 Å². The average molecular weight is 530 g/mol. The molecule has 1 aliphatic heterocycles. The van der Waals surface area contributed by atoms with Crippen LogP contribution < -0.4 is 20.3 Å². The van der Waals surface area contributed by atoms with E-state index in [9.17, 15) is 22.9 Å². The molecule has 1 aliphatic rings. The molecule has 2 heterocycles. The van der Waals surface area contributed by atoms with Crippen LogP contribution in [0.15, 0.2) is 41.5 Å². The van der Waals surface area contributed by atoms with E-state index < -0.39 is 21.8 Å². The summed E-state index contributed by atoms with van der Waals surface area (Å²) < 4.78 is 50.2. The highest BCUT2D eigenvalue weighted by molar-refractivity contribution is 7.90. The smallest absolute Gasteiger partial charge is 0.301 e. The van der Waals surface area contributed by atoms with E-state index in [1.165, 1.54) is 30.1 Å². The van der Waals surface area contributed by atoms with Crippen LogP contribution in [0.2, 0.25) is 0 Å². The van der Waals surface area contributed by atoms with Crippen LogP contribution in [0.1, 0.15) is 12.5 Å². The van der Waals surface area contributed by atoms with Gasteiger partial charge in [-0.05, 0) is 30.3 Å². The molecule has 37 heavy (non-hydrogen) atoms. The van der Waals surface area contributed by atoms with Crippen LogP contribution in [0.5, 0.6) is 11.5 Å². The molecule has 1 saturated heterocycles. The summed E-state index contributed by atoms with van der Waals surface area (Å²) in [7, 11) is -2.59. The summed E-state index contributed by atoms with van der Waals surface area (Å²) in [6.07, 6.45) is 1.50. The number of benzene rings is 2. The van der Waals surface area contributed by atoms with Gasteiger partial charge in [0, 0.05) is 52.9 Å². The maximum absolute atomic E-state index is 14.7. The monoisotopic (exact) mass is 529 g/mol. The topological polar surface area (TPSA) is 133 Å². The largest absolute Gasteiger partial charge is 0.453 e. The maximum Gasteiger partial charge on any atom is 0.301 e. The molecule has 2 N–H and O–H groups in total. The molecular weight excluding hydrogens is 501 g/mol. The molecule has 11 nitrogen and oxygen atoms in total. The van der Waals surface area contributed by atoms with Crippen LogP contribution >= 0.6 is 0 Å². The summed E-state index contributed by atoms with van der Waals surface area (Å²) in [6.45, 7) is 6.65. The summed E-state index contributed by atoms with van der Waals surface area (Å²) in [4.78, 5) is 19.7. The molecule has 1 fully saturated rings. The van der Waals surface area contributed by atoms with Crippen molar-refractivity contribution in [3.63, 3.8) is 0 Å². The van der Waals surface area contributed by atoms with Crippen molar-refractivity contribution in [2.75, 3.05) is 51.0 Å². The van der Waals surface area contributed by atoms with Crippen LogP contribution in [-0.4, -0.2) is 73.5 Å². The summed E-state index contributed by atoms with van der Waals surface area (Å²) in [5.74, 6) is -1.21. The molecule has 1 aromatic heterocycles. The first-order valence-corrected chi connectivity index (χ1v) is 13.2. The zero-order valence-corrected chi connectivity index (χ0v) is 21.4. The number of hydrogen-bond donors (Lipinski definition) is 2. The molecule has 196 valence electrons. The molecule has 0 amide bonds. The van der Waals surface area contributed by atoms with E-state index in [0.29, 0.717) is 18.6 Å². The molecule has 3 aromatic rings. The molecule has 0 radical (unpaired) electrons. The number of aromatic nitrogens is 2. The third-order valence-corrected chi connectivity index (χ3v) is 7.75. The van der Waals surface area contributed by atoms with Crippen LogP contribution in [0.3, 0.4) is 0 Å². The summed E-state index contributed by atoms with van der Waals surface area (Å²) in [5, 5.41) is 13.3. The van der Waals surface area contributed by atoms with E-state index in [-0.39, 0.29) is 34.5 Å². The van der Waals surface area contributed by atoms with Crippen LogP contribution in [0.25, 0.3) is 10.9 Å². The van der Waals surface area contributed by atoms with Crippen molar-refractivity contribution < 1.29 is 17.5 Å². The fourth-order valence-electron chi connectivity index (χ4n) is 3.90. The quantitative estimate of drug-likeness (QED) is 0.428. The first kappa shape index (κ1) is 26.5. The second-order valence-electron chi connectivity index (χ2n) is 8.55. The Kier molecular flexibility index (Phi) is 8.03. The van der Waals surface area contributed by atoms with E-state index in [0.717, 1.165) is 42.6 Å². The number of ether oxygens (including phenoxy) is 1. The van der Waals surface area contributed by atoms with Crippen molar-refractivity contribution in [1.29, 1.82) is 5.26 Å². The number of anilines is 1. The number of nitrogens with one attached hydrogen (secondary N) is 2. The lowest BCUT2D eigenvalue weighted by Crippen LogP contribution is -2.45. The third kappa shape index (κ3) is 5.89. The average Bonchev–Trinajstić information content (AvgIpc) is 2.90. The van der Waals surface area contributed by atoms with Gasteiger partial charge in [-0.25, -0.2) is 9.37 Å². The Morgan fingerprint density at radius 1 is 1.24 bits per heavy atom. The first-order chi connectivity index (χ1) is 17.7. The Morgan fingerprint density at radius 2 is 2.00 bits per heavy atom. The van der Waals surface area contributed by atoms with Gasteiger partial charge in [0.25, 0.3) is 5.56 Å². The van der Waals surface area contributed by atoms with Crippen molar-refractivity contribution in [3.05, 3.63) is 58.4 Å². The molecular formula is C24H28FN7O4S. The highest BCUT2D eigenvalue weighted by Crippen LogP contribution is 2.34. The number of piperazine rings is 1.